The number of carbonyl (C=O) groups is 1. The SMILES string of the molecule is C#CC[N+](C)(C)C1(C)C=C(NC(=O)CCl)CC(C)(C)C1. The molecule has 1 aliphatic carbocycles. The Kier molecular flexibility index (Phi) is 4.94. The van der Waals surface area contributed by atoms with Crippen LogP contribution in [0.15, 0.2) is 11.8 Å². The van der Waals surface area contributed by atoms with Crippen molar-refractivity contribution < 1.29 is 9.28 Å². The van der Waals surface area contributed by atoms with Gasteiger partial charge in [0.1, 0.15) is 18.0 Å². The highest BCUT2D eigenvalue weighted by atomic mass is 35.5. The predicted molar refractivity (Wildman–Crippen MR) is 84.2 cm³/mol. The summed E-state index contributed by atoms with van der Waals surface area (Å²) in [6.07, 6.45) is 9.55. The summed E-state index contributed by atoms with van der Waals surface area (Å²) in [5, 5.41) is 2.92. The topological polar surface area (TPSA) is 29.1 Å². The van der Waals surface area contributed by atoms with Crippen molar-refractivity contribution in [3.05, 3.63) is 11.8 Å². The van der Waals surface area contributed by atoms with E-state index in [9.17, 15) is 4.79 Å². The Morgan fingerprint density at radius 3 is 2.60 bits per heavy atom. The number of quaternary nitrogens is 1. The zero-order valence-electron chi connectivity index (χ0n) is 13.2. The normalized spacial score (nSPS) is 25.6. The third-order valence-electron chi connectivity index (χ3n) is 4.28. The fourth-order valence-electron chi connectivity index (χ4n) is 3.11. The Morgan fingerprint density at radius 1 is 1.50 bits per heavy atom. The van der Waals surface area contributed by atoms with E-state index in [-0.39, 0.29) is 22.7 Å². The second-order valence-corrected chi connectivity index (χ2v) is 7.54. The van der Waals surface area contributed by atoms with Crippen LogP contribution in [0.25, 0.3) is 0 Å². The van der Waals surface area contributed by atoms with E-state index in [1.165, 1.54) is 0 Å². The summed E-state index contributed by atoms with van der Waals surface area (Å²) in [5.74, 6) is 2.59. The fraction of sp³-hybridized carbons (Fsp3) is 0.688. The molecule has 0 fully saturated rings. The monoisotopic (exact) mass is 297 g/mol. The van der Waals surface area contributed by atoms with Crippen molar-refractivity contribution in [3.8, 4) is 12.3 Å². The van der Waals surface area contributed by atoms with Gasteiger partial charge in [0.25, 0.3) is 0 Å². The number of likely N-dealkylation sites (N-methyl/N-ethyl adjacent to an activating group) is 1. The van der Waals surface area contributed by atoms with Gasteiger partial charge in [-0.1, -0.05) is 13.8 Å². The maximum absolute atomic E-state index is 11.6. The van der Waals surface area contributed by atoms with Crippen LogP contribution in [0.2, 0.25) is 0 Å². The first-order valence-corrected chi connectivity index (χ1v) is 7.43. The van der Waals surface area contributed by atoms with Crippen molar-refractivity contribution in [2.24, 2.45) is 5.41 Å². The molecule has 1 amide bonds. The van der Waals surface area contributed by atoms with Crippen LogP contribution in [0.3, 0.4) is 0 Å². The Bertz CT molecular complexity index is 460. The Labute approximate surface area is 128 Å². The quantitative estimate of drug-likeness (QED) is 0.482. The zero-order valence-corrected chi connectivity index (χ0v) is 14.0. The summed E-state index contributed by atoms with van der Waals surface area (Å²) < 4.78 is 0.702. The number of nitrogens with zero attached hydrogens (tertiary/aromatic N) is 1. The number of rotatable bonds is 4. The summed E-state index contributed by atoms with van der Waals surface area (Å²) in [6, 6.07) is 0. The minimum Gasteiger partial charge on any atom is -0.329 e. The highest BCUT2D eigenvalue weighted by Gasteiger charge is 2.46. The second-order valence-electron chi connectivity index (χ2n) is 7.27. The van der Waals surface area contributed by atoms with E-state index in [1.807, 2.05) is 0 Å². The molecule has 0 saturated heterocycles. The summed E-state index contributed by atoms with van der Waals surface area (Å²) >= 11 is 5.58. The number of alkyl halides is 1. The van der Waals surface area contributed by atoms with Crippen LogP contribution in [0.1, 0.15) is 33.6 Å². The molecular weight excluding hydrogens is 272 g/mol. The lowest BCUT2D eigenvalue weighted by Crippen LogP contribution is -2.60. The maximum atomic E-state index is 11.6. The van der Waals surface area contributed by atoms with Crippen molar-refractivity contribution in [2.45, 2.75) is 39.2 Å². The van der Waals surface area contributed by atoms with Gasteiger partial charge in [0, 0.05) is 12.1 Å². The van der Waals surface area contributed by atoms with Crippen molar-refractivity contribution in [1.29, 1.82) is 0 Å². The van der Waals surface area contributed by atoms with Gasteiger partial charge in [0.05, 0.1) is 14.1 Å². The van der Waals surface area contributed by atoms with Gasteiger partial charge in [-0.25, -0.2) is 0 Å². The van der Waals surface area contributed by atoms with Crippen LogP contribution in [0.4, 0.5) is 0 Å². The molecule has 0 spiro atoms. The van der Waals surface area contributed by atoms with Gasteiger partial charge in [-0.3, -0.25) is 4.79 Å². The minimum atomic E-state index is -0.153. The van der Waals surface area contributed by atoms with Crippen molar-refractivity contribution in [3.63, 3.8) is 0 Å². The van der Waals surface area contributed by atoms with Gasteiger partial charge in [-0.05, 0) is 30.8 Å². The molecule has 0 aromatic rings. The standard InChI is InChI=1S/C16H25ClN2O/c1-7-8-19(5,6)16(4)10-13(18-14(20)11-17)9-15(2,3)12-16/h1,10H,8-9,11-12H2,2-6H3/p+1. The van der Waals surface area contributed by atoms with Gasteiger partial charge in [0.15, 0.2) is 0 Å². The van der Waals surface area contributed by atoms with E-state index in [0.29, 0.717) is 11.0 Å². The fourth-order valence-corrected chi connectivity index (χ4v) is 3.18. The highest BCUT2D eigenvalue weighted by Crippen LogP contribution is 2.43. The Morgan fingerprint density at radius 2 is 2.10 bits per heavy atom. The van der Waals surface area contributed by atoms with E-state index < -0.39 is 0 Å². The van der Waals surface area contributed by atoms with E-state index in [1.54, 1.807) is 0 Å². The molecule has 1 atom stereocenters. The molecule has 0 heterocycles. The van der Waals surface area contributed by atoms with Crippen LogP contribution < -0.4 is 5.32 Å². The maximum Gasteiger partial charge on any atom is 0.239 e. The molecule has 112 valence electrons. The largest absolute Gasteiger partial charge is 0.329 e. The predicted octanol–water partition coefficient (Wildman–Crippen LogP) is 2.51. The first kappa shape index (κ1) is 17.1. The van der Waals surface area contributed by atoms with Gasteiger partial charge < -0.3 is 9.80 Å². The van der Waals surface area contributed by atoms with E-state index in [0.717, 1.165) is 18.5 Å². The molecule has 0 bridgehead atoms. The summed E-state index contributed by atoms with van der Waals surface area (Å²) in [7, 11) is 4.28. The van der Waals surface area contributed by atoms with E-state index in [2.05, 4.69) is 52.2 Å². The molecule has 1 rings (SSSR count). The molecule has 1 N–H and O–H groups in total. The van der Waals surface area contributed by atoms with E-state index >= 15 is 0 Å². The molecule has 0 aromatic heterocycles. The van der Waals surface area contributed by atoms with Gasteiger partial charge in [0.2, 0.25) is 5.91 Å². The lowest BCUT2D eigenvalue weighted by molar-refractivity contribution is -0.927. The number of hydrogen-bond acceptors (Lipinski definition) is 1. The molecule has 20 heavy (non-hydrogen) atoms. The highest BCUT2D eigenvalue weighted by molar-refractivity contribution is 6.27. The summed E-state index contributed by atoms with van der Waals surface area (Å²) in [6.45, 7) is 7.31. The molecule has 1 unspecified atom stereocenters. The summed E-state index contributed by atoms with van der Waals surface area (Å²) in [4.78, 5) is 11.6. The van der Waals surface area contributed by atoms with Gasteiger partial charge in [-0.15, -0.1) is 18.0 Å². The average molecular weight is 298 g/mol. The van der Waals surface area contributed by atoms with Crippen molar-refractivity contribution >= 4 is 17.5 Å². The van der Waals surface area contributed by atoms with Crippen LogP contribution in [0.5, 0.6) is 0 Å². The van der Waals surface area contributed by atoms with Crippen LogP contribution in [0, 0.1) is 17.8 Å². The lowest BCUT2D eigenvalue weighted by Gasteiger charge is -2.50. The number of hydrogen-bond donors (Lipinski definition) is 1. The molecule has 3 nitrogen and oxygen atoms in total. The molecule has 1 aliphatic rings. The molecular formula is C16H26ClN2O+. The van der Waals surface area contributed by atoms with Crippen LogP contribution in [-0.4, -0.2) is 42.4 Å². The number of nitrogens with one attached hydrogen (secondary N) is 1. The zero-order chi connectivity index (χ0) is 15.6. The second kappa shape index (κ2) is 5.79. The van der Waals surface area contributed by atoms with Crippen molar-refractivity contribution in [2.75, 3.05) is 26.5 Å². The lowest BCUT2D eigenvalue weighted by atomic mass is 9.70. The average Bonchev–Trinajstić information content (AvgIpc) is 2.25. The first-order valence-electron chi connectivity index (χ1n) is 6.89. The number of amides is 1. The smallest absolute Gasteiger partial charge is 0.239 e. The van der Waals surface area contributed by atoms with Crippen LogP contribution >= 0.6 is 11.6 Å². The number of terminal acetylenes is 1. The first-order chi connectivity index (χ1) is 9.05. The Balaban J connectivity index is 3.14. The Hall–Kier alpha value is -0.980. The van der Waals surface area contributed by atoms with Gasteiger partial charge in [-0.2, -0.15) is 0 Å². The third kappa shape index (κ3) is 3.77. The number of allylic oxidation sites excluding steroid dienone is 1. The van der Waals surface area contributed by atoms with E-state index in [4.69, 9.17) is 18.0 Å². The minimum absolute atomic E-state index is 0.0168. The van der Waals surface area contributed by atoms with Crippen molar-refractivity contribution in [1.82, 2.24) is 5.32 Å². The molecule has 0 aromatic carbocycles. The number of halogens is 1. The van der Waals surface area contributed by atoms with Gasteiger partial charge >= 0.3 is 0 Å². The number of carbonyl (C=O) groups excluding carboxylic acids is 1. The molecule has 0 aliphatic heterocycles. The molecule has 0 saturated carbocycles. The summed E-state index contributed by atoms with van der Waals surface area (Å²) in [5.41, 5.74) is 0.962. The molecule has 0 radical (unpaired) electrons. The third-order valence-corrected chi connectivity index (χ3v) is 4.52. The van der Waals surface area contributed by atoms with Crippen LogP contribution in [-0.2, 0) is 4.79 Å². The molecule has 4 heteroatoms.